The van der Waals surface area contributed by atoms with Crippen molar-refractivity contribution >= 4 is 27.7 Å². The molecule has 0 aliphatic carbocycles. The molecule has 0 spiro atoms. The van der Waals surface area contributed by atoms with Gasteiger partial charge in [0.25, 0.3) is 0 Å². The Hall–Kier alpha value is 0.01000. The molecule has 1 unspecified atom stereocenters. The van der Waals surface area contributed by atoms with E-state index in [1.54, 1.807) is 0 Å². The van der Waals surface area contributed by atoms with Crippen LogP contribution in [0.2, 0.25) is 0 Å². The molecule has 1 rings (SSSR count). The van der Waals surface area contributed by atoms with Crippen molar-refractivity contribution in [1.82, 2.24) is 5.32 Å². The van der Waals surface area contributed by atoms with Crippen LogP contribution in [0.5, 0.6) is 0 Å². The third-order valence-corrected chi connectivity index (χ3v) is 4.79. The summed E-state index contributed by atoms with van der Waals surface area (Å²) in [5.41, 5.74) is 0. The molecule has 0 fully saturated rings. The van der Waals surface area contributed by atoms with Crippen LogP contribution in [0.1, 0.15) is 33.1 Å². The standard InChI is InChI=1S/C14H22BrNS/c1-3-16-12(2)8-6-7-11-17-14-10-5-4-9-13(14)15/h4-5,9-10,12,16H,3,6-8,11H2,1-2H3. The van der Waals surface area contributed by atoms with Crippen molar-refractivity contribution in [2.75, 3.05) is 12.3 Å². The molecule has 1 aromatic rings. The first kappa shape index (κ1) is 15.1. The van der Waals surface area contributed by atoms with Gasteiger partial charge >= 0.3 is 0 Å². The number of hydrogen-bond acceptors (Lipinski definition) is 2. The Balaban J connectivity index is 2.10. The van der Waals surface area contributed by atoms with Gasteiger partial charge in [-0.3, -0.25) is 0 Å². The van der Waals surface area contributed by atoms with E-state index >= 15 is 0 Å². The minimum atomic E-state index is 0.661. The van der Waals surface area contributed by atoms with Crippen molar-refractivity contribution in [3.63, 3.8) is 0 Å². The monoisotopic (exact) mass is 315 g/mol. The lowest BCUT2D eigenvalue weighted by Crippen LogP contribution is -2.25. The molecule has 0 aliphatic heterocycles. The molecule has 0 bridgehead atoms. The quantitative estimate of drug-likeness (QED) is 0.551. The van der Waals surface area contributed by atoms with Gasteiger partial charge < -0.3 is 5.32 Å². The van der Waals surface area contributed by atoms with Gasteiger partial charge in [0.05, 0.1) is 0 Å². The zero-order valence-corrected chi connectivity index (χ0v) is 13.1. The highest BCUT2D eigenvalue weighted by Crippen LogP contribution is 2.27. The molecule has 0 radical (unpaired) electrons. The number of unbranched alkanes of at least 4 members (excludes halogenated alkanes) is 1. The number of hydrogen-bond donors (Lipinski definition) is 1. The van der Waals surface area contributed by atoms with Gasteiger partial charge in [0.1, 0.15) is 0 Å². The predicted octanol–water partition coefficient (Wildman–Crippen LogP) is 4.71. The van der Waals surface area contributed by atoms with E-state index in [1.807, 2.05) is 11.8 Å². The van der Waals surface area contributed by atoms with Crippen LogP contribution in [-0.4, -0.2) is 18.3 Å². The Bertz CT molecular complexity index is 317. The summed E-state index contributed by atoms with van der Waals surface area (Å²) in [6, 6.07) is 9.10. The Morgan fingerprint density at radius 1 is 1.29 bits per heavy atom. The first-order chi connectivity index (χ1) is 8.24. The van der Waals surface area contributed by atoms with Gasteiger partial charge in [-0.05, 0) is 60.1 Å². The number of thioether (sulfide) groups is 1. The third-order valence-electron chi connectivity index (χ3n) is 2.68. The van der Waals surface area contributed by atoms with E-state index in [0.29, 0.717) is 6.04 Å². The van der Waals surface area contributed by atoms with E-state index in [4.69, 9.17) is 0 Å². The fourth-order valence-corrected chi connectivity index (χ4v) is 3.32. The summed E-state index contributed by atoms with van der Waals surface area (Å²) >= 11 is 5.52. The van der Waals surface area contributed by atoms with Gasteiger partial charge in [-0.2, -0.15) is 0 Å². The van der Waals surface area contributed by atoms with Crippen LogP contribution < -0.4 is 5.32 Å². The number of nitrogens with one attached hydrogen (secondary N) is 1. The molecule has 0 aliphatic rings. The van der Waals surface area contributed by atoms with Crippen LogP contribution in [0.3, 0.4) is 0 Å². The predicted molar refractivity (Wildman–Crippen MR) is 81.9 cm³/mol. The number of rotatable bonds is 8. The minimum absolute atomic E-state index is 0.661. The molecule has 0 saturated heterocycles. The Morgan fingerprint density at radius 2 is 2.06 bits per heavy atom. The lowest BCUT2D eigenvalue weighted by Gasteiger charge is -2.11. The summed E-state index contributed by atoms with van der Waals surface area (Å²) in [5.74, 6) is 1.21. The summed E-state index contributed by atoms with van der Waals surface area (Å²) < 4.78 is 1.21. The molecule has 0 aromatic heterocycles. The summed E-state index contributed by atoms with van der Waals surface area (Å²) in [6.45, 7) is 5.51. The third kappa shape index (κ3) is 6.49. The average molecular weight is 316 g/mol. The number of benzene rings is 1. The molecule has 0 amide bonds. The second-order valence-electron chi connectivity index (χ2n) is 4.23. The Labute approximate surface area is 118 Å². The van der Waals surface area contributed by atoms with Crippen molar-refractivity contribution in [3.05, 3.63) is 28.7 Å². The van der Waals surface area contributed by atoms with Gasteiger partial charge in [0.2, 0.25) is 0 Å². The Kier molecular flexibility index (Phi) is 7.99. The van der Waals surface area contributed by atoms with E-state index in [1.165, 1.54) is 34.4 Å². The summed E-state index contributed by atoms with van der Waals surface area (Å²) in [4.78, 5) is 1.35. The molecule has 1 aromatic carbocycles. The summed E-state index contributed by atoms with van der Waals surface area (Å²) in [5, 5.41) is 3.45. The second kappa shape index (κ2) is 9.01. The van der Waals surface area contributed by atoms with Crippen LogP contribution in [0.15, 0.2) is 33.6 Å². The van der Waals surface area contributed by atoms with Crippen LogP contribution >= 0.6 is 27.7 Å². The van der Waals surface area contributed by atoms with E-state index < -0.39 is 0 Å². The van der Waals surface area contributed by atoms with Gasteiger partial charge in [-0.1, -0.05) is 25.5 Å². The minimum Gasteiger partial charge on any atom is -0.315 e. The van der Waals surface area contributed by atoms with Gasteiger partial charge in [-0.15, -0.1) is 11.8 Å². The maximum Gasteiger partial charge on any atom is 0.0311 e. The maximum atomic E-state index is 3.58. The lowest BCUT2D eigenvalue weighted by atomic mass is 10.1. The SMILES string of the molecule is CCNC(C)CCCCSc1ccccc1Br. The van der Waals surface area contributed by atoms with Crippen LogP contribution in [0.4, 0.5) is 0 Å². The van der Waals surface area contributed by atoms with Gasteiger partial charge in [0, 0.05) is 15.4 Å². The van der Waals surface area contributed by atoms with Crippen molar-refractivity contribution in [3.8, 4) is 0 Å². The van der Waals surface area contributed by atoms with Gasteiger partial charge in [0.15, 0.2) is 0 Å². The highest BCUT2D eigenvalue weighted by atomic mass is 79.9. The van der Waals surface area contributed by atoms with E-state index in [9.17, 15) is 0 Å². The molecular formula is C14H22BrNS. The fourth-order valence-electron chi connectivity index (χ4n) is 1.75. The molecule has 1 N–H and O–H groups in total. The number of halogens is 1. The molecule has 0 saturated carbocycles. The molecule has 17 heavy (non-hydrogen) atoms. The molecule has 3 heteroatoms. The maximum absolute atomic E-state index is 3.58. The molecular weight excluding hydrogens is 294 g/mol. The largest absolute Gasteiger partial charge is 0.315 e. The first-order valence-electron chi connectivity index (χ1n) is 6.34. The van der Waals surface area contributed by atoms with E-state index in [2.05, 4.69) is 59.4 Å². The molecule has 96 valence electrons. The summed E-state index contributed by atoms with van der Waals surface area (Å²) in [6.07, 6.45) is 3.89. The van der Waals surface area contributed by atoms with E-state index in [0.717, 1.165) is 6.54 Å². The average Bonchev–Trinajstić information content (AvgIpc) is 2.31. The van der Waals surface area contributed by atoms with Crippen LogP contribution in [0, 0.1) is 0 Å². The van der Waals surface area contributed by atoms with Crippen LogP contribution in [0.25, 0.3) is 0 Å². The van der Waals surface area contributed by atoms with Crippen molar-refractivity contribution in [2.45, 2.75) is 44.0 Å². The highest BCUT2D eigenvalue weighted by Gasteiger charge is 2.01. The smallest absolute Gasteiger partial charge is 0.0311 e. The van der Waals surface area contributed by atoms with Crippen LogP contribution in [-0.2, 0) is 0 Å². The summed E-state index contributed by atoms with van der Waals surface area (Å²) in [7, 11) is 0. The topological polar surface area (TPSA) is 12.0 Å². The molecule has 0 heterocycles. The fraction of sp³-hybridized carbons (Fsp3) is 0.571. The van der Waals surface area contributed by atoms with Gasteiger partial charge in [-0.25, -0.2) is 0 Å². The van der Waals surface area contributed by atoms with Crippen molar-refractivity contribution in [1.29, 1.82) is 0 Å². The zero-order chi connectivity index (χ0) is 12.5. The van der Waals surface area contributed by atoms with E-state index in [-0.39, 0.29) is 0 Å². The highest BCUT2D eigenvalue weighted by molar-refractivity contribution is 9.10. The first-order valence-corrected chi connectivity index (χ1v) is 8.12. The molecule has 1 nitrogen and oxygen atoms in total. The lowest BCUT2D eigenvalue weighted by molar-refractivity contribution is 0.510. The normalized spacial score (nSPS) is 12.6. The second-order valence-corrected chi connectivity index (χ2v) is 6.22. The van der Waals surface area contributed by atoms with Crippen molar-refractivity contribution < 1.29 is 0 Å². The van der Waals surface area contributed by atoms with Crippen molar-refractivity contribution in [2.24, 2.45) is 0 Å². The Morgan fingerprint density at radius 3 is 2.76 bits per heavy atom. The molecule has 1 atom stereocenters. The zero-order valence-electron chi connectivity index (χ0n) is 10.7.